The molecule has 0 saturated carbocycles. The lowest BCUT2D eigenvalue weighted by Crippen LogP contribution is -2.46. The number of aryl methyl sites for hydroxylation is 1. The number of hydrogen-bond acceptors (Lipinski definition) is 7. The van der Waals surface area contributed by atoms with Crippen molar-refractivity contribution in [3.63, 3.8) is 0 Å². The quantitative estimate of drug-likeness (QED) is 0.841. The van der Waals surface area contributed by atoms with Crippen molar-refractivity contribution in [3.05, 3.63) is 35.5 Å². The summed E-state index contributed by atoms with van der Waals surface area (Å²) in [7, 11) is 0. The fourth-order valence-electron chi connectivity index (χ4n) is 3.45. The third kappa shape index (κ3) is 3.48. The lowest BCUT2D eigenvalue weighted by Gasteiger charge is -2.37. The molecule has 2 aliphatic heterocycles. The number of rotatable bonds is 4. The highest BCUT2D eigenvalue weighted by Gasteiger charge is 2.26. The van der Waals surface area contributed by atoms with Gasteiger partial charge in [-0.25, -0.2) is 0 Å². The van der Waals surface area contributed by atoms with Gasteiger partial charge in [-0.05, 0) is 19.9 Å². The summed E-state index contributed by atoms with van der Waals surface area (Å²) in [5, 5.41) is 3.90. The maximum Gasteiger partial charge on any atom is 0.243 e. The van der Waals surface area contributed by atoms with Crippen molar-refractivity contribution in [3.8, 4) is 11.5 Å². The minimum Gasteiger partial charge on any atom is -0.486 e. The van der Waals surface area contributed by atoms with Crippen LogP contribution in [0.4, 0.5) is 0 Å². The fourth-order valence-corrected chi connectivity index (χ4v) is 3.45. The summed E-state index contributed by atoms with van der Waals surface area (Å²) < 4.78 is 16.8. The van der Waals surface area contributed by atoms with Crippen LogP contribution >= 0.6 is 0 Å². The van der Waals surface area contributed by atoms with Crippen molar-refractivity contribution in [2.75, 3.05) is 39.4 Å². The van der Waals surface area contributed by atoms with Crippen molar-refractivity contribution < 1.29 is 14.0 Å². The van der Waals surface area contributed by atoms with Gasteiger partial charge in [-0.1, -0.05) is 17.3 Å². The first-order valence-corrected chi connectivity index (χ1v) is 8.85. The Balaban J connectivity index is 1.36. The van der Waals surface area contributed by atoms with E-state index < -0.39 is 0 Å². The molecule has 1 aromatic carbocycles. The third-order valence-electron chi connectivity index (χ3n) is 4.90. The van der Waals surface area contributed by atoms with Crippen LogP contribution in [0.5, 0.6) is 11.5 Å². The molecule has 134 valence electrons. The Kier molecular flexibility index (Phi) is 4.59. The third-order valence-corrected chi connectivity index (χ3v) is 4.90. The first-order chi connectivity index (χ1) is 12.2. The Hall–Kier alpha value is -2.12. The molecule has 7 heteroatoms. The van der Waals surface area contributed by atoms with Crippen molar-refractivity contribution in [1.29, 1.82) is 0 Å². The molecule has 2 aromatic rings. The van der Waals surface area contributed by atoms with E-state index in [-0.39, 0.29) is 6.04 Å². The van der Waals surface area contributed by atoms with E-state index in [0.29, 0.717) is 24.9 Å². The Morgan fingerprint density at radius 1 is 1.12 bits per heavy atom. The van der Waals surface area contributed by atoms with Gasteiger partial charge < -0.3 is 14.0 Å². The van der Waals surface area contributed by atoms with Crippen LogP contribution in [0.3, 0.4) is 0 Å². The summed E-state index contributed by atoms with van der Waals surface area (Å²) >= 11 is 0. The van der Waals surface area contributed by atoms with Gasteiger partial charge in [-0.15, -0.1) is 0 Å². The molecule has 7 nitrogen and oxygen atoms in total. The van der Waals surface area contributed by atoms with Crippen molar-refractivity contribution >= 4 is 0 Å². The molecular formula is C18H24N4O3. The maximum atomic E-state index is 5.83. The average molecular weight is 344 g/mol. The molecule has 1 atom stereocenters. The first-order valence-electron chi connectivity index (χ1n) is 8.85. The van der Waals surface area contributed by atoms with Crippen molar-refractivity contribution in [2.45, 2.75) is 26.4 Å². The predicted octanol–water partition coefficient (Wildman–Crippen LogP) is 2.03. The van der Waals surface area contributed by atoms with Crippen LogP contribution in [-0.2, 0) is 6.54 Å². The number of aromatic nitrogens is 2. The number of hydrogen-bond donors (Lipinski definition) is 0. The molecule has 0 N–H and O–H groups in total. The molecule has 0 spiro atoms. The monoisotopic (exact) mass is 344 g/mol. The molecular weight excluding hydrogens is 320 g/mol. The summed E-state index contributed by atoms with van der Waals surface area (Å²) in [5.41, 5.74) is 1.20. The van der Waals surface area contributed by atoms with Crippen LogP contribution in [0, 0.1) is 6.92 Å². The summed E-state index contributed by atoms with van der Waals surface area (Å²) in [5.74, 6) is 3.17. The van der Waals surface area contributed by atoms with Crippen LogP contribution < -0.4 is 9.47 Å². The number of fused-ring (bicyclic) bond motifs is 1. The van der Waals surface area contributed by atoms with Gasteiger partial charge in [-0.2, -0.15) is 4.98 Å². The van der Waals surface area contributed by atoms with Gasteiger partial charge in [0.05, 0.1) is 6.04 Å². The highest BCUT2D eigenvalue weighted by atomic mass is 16.6. The van der Waals surface area contributed by atoms with E-state index in [0.717, 1.165) is 44.2 Å². The van der Waals surface area contributed by atoms with Gasteiger partial charge in [0.25, 0.3) is 0 Å². The van der Waals surface area contributed by atoms with E-state index in [1.807, 2.05) is 19.1 Å². The van der Waals surface area contributed by atoms with E-state index in [1.54, 1.807) is 0 Å². The van der Waals surface area contributed by atoms with Crippen LogP contribution in [0.1, 0.15) is 30.2 Å². The number of benzene rings is 1. The van der Waals surface area contributed by atoms with E-state index >= 15 is 0 Å². The normalized spacial score (nSPS) is 19.8. The fraction of sp³-hybridized carbons (Fsp3) is 0.556. The average Bonchev–Trinajstić information content (AvgIpc) is 3.08. The van der Waals surface area contributed by atoms with Gasteiger partial charge in [0.15, 0.2) is 17.3 Å². The minimum absolute atomic E-state index is 0.157. The second-order valence-corrected chi connectivity index (χ2v) is 6.61. The van der Waals surface area contributed by atoms with Gasteiger partial charge in [0, 0.05) is 38.3 Å². The molecule has 0 amide bonds. The molecule has 1 fully saturated rings. The Morgan fingerprint density at radius 2 is 1.92 bits per heavy atom. The summed E-state index contributed by atoms with van der Waals surface area (Å²) in [6.07, 6.45) is 0. The lowest BCUT2D eigenvalue weighted by atomic mass is 10.1. The highest BCUT2D eigenvalue weighted by molar-refractivity contribution is 5.47. The number of piperazine rings is 1. The summed E-state index contributed by atoms with van der Waals surface area (Å²) in [4.78, 5) is 9.20. The van der Waals surface area contributed by atoms with Crippen molar-refractivity contribution in [1.82, 2.24) is 19.9 Å². The topological polar surface area (TPSA) is 63.9 Å². The Labute approximate surface area is 147 Å². The Morgan fingerprint density at radius 3 is 2.68 bits per heavy atom. The van der Waals surface area contributed by atoms with E-state index in [2.05, 4.69) is 32.9 Å². The highest BCUT2D eigenvalue weighted by Crippen LogP contribution is 2.34. The van der Waals surface area contributed by atoms with Gasteiger partial charge in [0.1, 0.15) is 13.2 Å². The smallest absolute Gasteiger partial charge is 0.243 e. The van der Waals surface area contributed by atoms with Gasteiger partial charge in [0.2, 0.25) is 5.89 Å². The number of para-hydroxylation sites is 1. The molecule has 4 rings (SSSR count). The van der Waals surface area contributed by atoms with Crippen LogP contribution in [-0.4, -0.2) is 59.3 Å². The maximum absolute atomic E-state index is 5.83. The largest absolute Gasteiger partial charge is 0.486 e. The molecule has 1 aromatic heterocycles. The molecule has 0 bridgehead atoms. The minimum atomic E-state index is 0.157. The number of ether oxygens (including phenoxy) is 2. The molecule has 1 saturated heterocycles. The van der Waals surface area contributed by atoms with E-state index in [1.165, 1.54) is 5.56 Å². The zero-order chi connectivity index (χ0) is 17.2. The molecule has 3 heterocycles. The van der Waals surface area contributed by atoms with Gasteiger partial charge in [-0.3, -0.25) is 9.80 Å². The number of nitrogens with zero attached hydrogens (tertiary/aromatic N) is 4. The summed E-state index contributed by atoms with van der Waals surface area (Å²) in [6, 6.07) is 6.30. The van der Waals surface area contributed by atoms with Crippen molar-refractivity contribution in [2.24, 2.45) is 0 Å². The zero-order valence-corrected chi connectivity index (χ0v) is 14.8. The summed E-state index contributed by atoms with van der Waals surface area (Å²) in [6.45, 7) is 10.1. The zero-order valence-electron chi connectivity index (χ0n) is 14.8. The second-order valence-electron chi connectivity index (χ2n) is 6.61. The molecule has 0 unspecified atom stereocenters. The molecule has 0 aliphatic carbocycles. The molecule has 0 radical (unpaired) electrons. The predicted molar refractivity (Wildman–Crippen MR) is 91.7 cm³/mol. The first kappa shape index (κ1) is 16.4. The van der Waals surface area contributed by atoms with E-state index in [9.17, 15) is 0 Å². The standard InChI is InChI=1S/C18H24N4O3/c1-13(18-19-14(2)20-25-18)22-8-6-21(7-9-22)12-15-4-3-5-16-17(15)24-11-10-23-16/h3-5,13H,6-12H2,1-2H3/t13-/m1/s1. The molecule has 2 aliphatic rings. The van der Waals surface area contributed by atoms with Gasteiger partial charge >= 0.3 is 0 Å². The second kappa shape index (κ2) is 7.01. The van der Waals surface area contributed by atoms with E-state index in [4.69, 9.17) is 14.0 Å². The van der Waals surface area contributed by atoms with Crippen LogP contribution in [0.2, 0.25) is 0 Å². The Bertz CT molecular complexity index is 725. The van der Waals surface area contributed by atoms with Crippen LogP contribution in [0.15, 0.2) is 22.7 Å². The van der Waals surface area contributed by atoms with Crippen LogP contribution in [0.25, 0.3) is 0 Å². The SMILES string of the molecule is Cc1noc([C@@H](C)N2CCN(Cc3cccc4c3OCCO4)CC2)n1. The molecule has 25 heavy (non-hydrogen) atoms. The lowest BCUT2D eigenvalue weighted by molar-refractivity contribution is 0.0832.